The van der Waals surface area contributed by atoms with Gasteiger partial charge in [-0.05, 0) is 32.0 Å². The average molecular weight is 368 g/mol. The number of likely N-dealkylation sites (tertiary alicyclic amines) is 1. The number of ether oxygens (including phenoxy) is 1. The highest BCUT2D eigenvalue weighted by Gasteiger charge is 2.25. The maximum Gasteiger partial charge on any atom is 0.414 e. The molecule has 0 aromatic heterocycles. The standard InChI is InChI=1S/C16H23FN2O.C2H2O4/c17-16-4-2-1-3-14(16)13-18-7-5-15(6-8-18)19-9-11-20-12-10-19;3-1(4)2(5)6/h1-4,15H,5-13H2;(H,3,4)(H,5,6). The Bertz CT molecular complexity index is 587. The summed E-state index contributed by atoms with van der Waals surface area (Å²) in [6, 6.07) is 7.80. The van der Waals surface area contributed by atoms with Crippen LogP contribution in [0.2, 0.25) is 0 Å². The third kappa shape index (κ3) is 6.36. The van der Waals surface area contributed by atoms with E-state index in [1.54, 1.807) is 12.1 Å². The molecular weight excluding hydrogens is 343 g/mol. The molecule has 7 nitrogen and oxygen atoms in total. The molecule has 1 aromatic rings. The van der Waals surface area contributed by atoms with Crippen LogP contribution in [0.1, 0.15) is 18.4 Å². The van der Waals surface area contributed by atoms with E-state index in [9.17, 15) is 4.39 Å². The zero-order valence-corrected chi connectivity index (χ0v) is 14.6. The summed E-state index contributed by atoms with van der Waals surface area (Å²) in [5, 5.41) is 14.8. The lowest BCUT2D eigenvalue weighted by Gasteiger charge is -2.40. The van der Waals surface area contributed by atoms with E-state index in [4.69, 9.17) is 24.5 Å². The second kappa shape index (κ2) is 10.2. The summed E-state index contributed by atoms with van der Waals surface area (Å²) in [6.07, 6.45) is 2.38. The summed E-state index contributed by atoms with van der Waals surface area (Å²) in [7, 11) is 0. The molecular formula is C18H25FN2O5. The van der Waals surface area contributed by atoms with Gasteiger partial charge in [-0.15, -0.1) is 0 Å². The molecule has 2 heterocycles. The lowest BCUT2D eigenvalue weighted by molar-refractivity contribution is -0.159. The molecule has 2 aliphatic heterocycles. The number of hydrogen-bond acceptors (Lipinski definition) is 5. The highest BCUT2D eigenvalue weighted by atomic mass is 19.1. The van der Waals surface area contributed by atoms with Gasteiger partial charge in [-0.2, -0.15) is 0 Å². The Morgan fingerprint density at radius 1 is 1.04 bits per heavy atom. The van der Waals surface area contributed by atoms with Crippen LogP contribution in [0.3, 0.4) is 0 Å². The minimum atomic E-state index is -1.82. The van der Waals surface area contributed by atoms with E-state index >= 15 is 0 Å². The number of hydrogen-bond donors (Lipinski definition) is 2. The van der Waals surface area contributed by atoms with E-state index in [0.717, 1.165) is 51.5 Å². The molecule has 0 spiro atoms. The second-order valence-electron chi connectivity index (χ2n) is 6.36. The molecule has 144 valence electrons. The van der Waals surface area contributed by atoms with Crippen LogP contribution in [0, 0.1) is 5.82 Å². The van der Waals surface area contributed by atoms with Crippen LogP contribution >= 0.6 is 0 Å². The van der Waals surface area contributed by atoms with Gasteiger partial charge in [0.25, 0.3) is 0 Å². The fourth-order valence-electron chi connectivity index (χ4n) is 3.25. The van der Waals surface area contributed by atoms with Crippen molar-refractivity contribution in [2.75, 3.05) is 39.4 Å². The minimum absolute atomic E-state index is 0.0807. The van der Waals surface area contributed by atoms with Crippen LogP contribution in [-0.4, -0.2) is 77.4 Å². The molecule has 0 bridgehead atoms. The van der Waals surface area contributed by atoms with Gasteiger partial charge < -0.3 is 14.9 Å². The molecule has 2 saturated heterocycles. The van der Waals surface area contributed by atoms with Gasteiger partial charge in [0.05, 0.1) is 13.2 Å². The lowest BCUT2D eigenvalue weighted by Crippen LogP contribution is -2.48. The molecule has 2 N–H and O–H groups in total. The predicted octanol–water partition coefficient (Wildman–Crippen LogP) is 1.28. The number of carboxylic acids is 2. The number of halogens is 1. The first kappa shape index (κ1) is 20.3. The third-order valence-electron chi connectivity index (χ3n) is 4.65. The SMILES string of the molecule is Fc1ccccc1CN1CCC(N2CCOCC2)CC1.O=C(O)C(=O)O. The Morgan fingerprint density at radius 2 is 1.62 bits per heavy atom. The summed E-state index contributed by atoms with van der Waals surface area (Å²) in [6.45, 7) is 6.75. The molecule has 0 atom stereocenters. The number of morpholine rings is 1. The van der Waals surface area contributed by atoms with Gasteiger partial charge in [0.2, 0.25) is 0 Å². The van der Waals surface area contributed by atoms with Crippen molar-refractivity contribution in [2.45, 2.75) is 25.4 Å². The molecule has 2 aliphatic rings. The molecule has 0 unspecified atom stereocenters. The monoisotopic (exact) mass is 368 g/mol. The van der Waals surface area contributed by atoms with Crippen LogP contribution in [0.5, 0.6) is 0 Å². The molecule has 8 heteroatoms. The highest BCUT2D eigenvalue weighted by Crippen LogP contribution is 2.20. The molecule has 1 aromatic carbocycles. The van der Waals surface area contributed by atoms with Crippen molar-refractivity contribution in [1.82, 2.24) is 9.80 Å². The van der Waals surface area contributed by atoms with Crippen LogP contribution < -0.4 is 0 Å². The number of aliphatic carboxylic acids is 2. The smallest absolute Gasteiger partial charge is 0.414 e. The quantitative estimate of drug-likeness (QED) is 0.777. The van der Waals surface area contributed by atoms with Gasteiger partial charge in [-0.3, -0.25) is 9.80 Å². The third-order valence-corrected chi connectivity index (χ3v) is 4.65. The molecule has 26 heavy (non-hydrogen) atoms. The number of nitrogens with zero attached hydrogens (tertiary/aromatic N) is 2. The molecule has 0 amide bonds. The van der Waals surface area contributed by atoms with Gasteiger partial charge in [0.1, 0.15) is 5.82 Å². The first-order chi connectivity index (χ1) is 12.5. The summed E-state index contributed by atoms with van der Waals surface area (Å²) < 4.78 is 19.1. The first-order valence-corrected chi connectivity index (χ1v) is 8.71. The number of carbonyl (C=O) groups is 2. The summed E-state index contributed by atoms with van der Waals surface area (Å²) >= 11 is 0. The van der Waals surface area contributed by atoms with Gasteiger partial charge in [0, 0.05) is 31.2 Å². The van der Waals surface area contributed by atoms with Crippen LogP contribution in [-0.2, 0) is 20.9 Å². The van der Waals surface area contributed by atoms with Crippen molar-refractivity contribution < 1.29 is 28.9 Å². The van der Waals surface area contributed by atoms with Crippen LogP contribution in [0.25, 0.3) is 0 Å². The fourth-order valence-corrected chi connectivity index (χ4v) is 3.25. The Kier molecular flexibility index (Phi) is 7.96. The summed E-state index contributed by atoms with van der Waals surface area (Å²) in [4.78, 5) is 23.1. The Hall–Kier alpha value is -2.03. The zero-order valence-electron chi connectivity index (χ0n) is 14.6. The Balaban J connectivity index is 0.000000352. The van der Waals surface area contributed by atoms with Crippen molar-refractivity contribution in [1.29, 1.82) is 0 Å². The largest absolute Gasteiger partial charge is 0.473 e. The predicted molar refractivity (Wildman–Crippen MR) is 92.4 cm³/mol. The van der Waals surface area contributed by atoms with Crippen LogP contribution in [0.4, 0.5) is 4.39 Å². The minimum Gasteiger partial charge on any atom is -0.473 e. The molecule has 0 saturated carbocycles. The normalized spacial score (nSPS) is 19.4. The van der Waals surface area contributed by atoms with E-state index in [1.807, 2.05) is 12.1 Å². The second-order valence-corrected chi connectivity index (χ2v) is 6.36. The van der Waals surface area contributed by atoms with E-state index in [1.165, 1.54) is 12.8 Å². The van der Waals surface area contributed by atoms with Crippen molar-refractivity contribution in [3.63, 3.8) is 0 Å². The van der Waals surface area contributed by atoms with Crippen LogP contribution in [0.15, 0.2) is 24.3 Å². The van der Waals surface area contributed by atoms with Crippen molar-refractivity contribution in [3.8, 4) is 0 Å². The average Bonchev–Trinajstić information content (AvgIpc) is 2.65. The van der Waals surface area contributed by atoms with Gasteiger partial charge in [-0.1, -0.05) is 18.2 Å². The van der Waals surface area contributed by atoms with E-state index in [-0.39, 0.29) is 5.82 Å². The molecule has 0 radical (unpaired) electrons. The number of benzene rings is 1. The summed E-state index contributed by atoms with van der Waals surface area (Å²) in [5.41, 5.74) is 0.817. The molecule has 2 fully saturated rings. The topological polar surface area (TPSA) is 90.3 Å². The highest BCUT2D eigenvalue weighted by molar-refractivity contribution is 6.27. The van der Waals surface area contributed by atoms with E-state index in [0.29, 0.717) is 6.04 Å². The molecule has 0 aliphatic carbocycles. The maximum atomic E-state index is 13.7. The number of piperidine rings is 1. The zero-order chi connectivity index (χ0) is 18.9. The van der Waals surface area contributed by atoms with Gasteiger partial charge in [0.15, 0.2) is 0 Å². The van der Waals surface area contributed by atoms with Crippen molar-refractivity contribution >= 4 is 11.9 Å². The first-order valence-electron chi connectivity index (χ1n) is 8.71. The number of rotatable bonds is 3. The Labute approximate surface area is 152 Å². The van der Waals surface area contributed by atoms with Crippen molar-refractivity contribution in [3.05, 3.63) is 35.6 Å². The van der Waals surface area contributed by atoms with E-state index < -0.39 is 11.9 Å². The maximum absolute atomic E-state index is 13.7. The lowest BCUT2D eigenvalue weighted by atomic mass is 10.0. The number of carboxylic acid groups (broad SMARTS) is 2. The molecule has 3 rings (SSSR count). The Morgan fingerprint density at radius 3 is 2.15 bits per heavy atom. The summed E-state index contributed by atoms with van der Waals surface area (Å²) in [5.74, 6) is -3.73. The van der Waals surface area contributed by atoms with Gasteiger partial charge >= 0.3 is 11.9 Å². The van der Waals surface area contributed by atoms with Crippen molar-refractivity contribution in [2.24, 2.45) is 0 Å². The van der Waals surface area contributed by atoms with Gasteiger partial charge in [-0.25, -0.2) is 14.0 Å². The fraction of sp³-hybridized carbons (Fsp3) is 0.556. The van der Waals surface area contributed by atoms with E-state index in [2.05, 4.69) is 9.80 Å².